The Labute approximate surface area is 481 Å². The van der Waals surface area contributed by atoms with Gasteiger partial charge in [0.2, 0.25) is 0 Å². The van der Waals surface area contributed by atoms with E-state index in [1.165, 1.54) is 295 Å². The summed E-state index contributed by atoms with van der Waals surface area (Å²) in [7, 11) is 0. The predicted molar refractivity (Wildman–Crippen MR) is 339 cm³/mol. The van der Waals surface area contributed by atoms with Crippen molar-refractivity contribution in [3.05, 3.63) is 48.6 Å². The zero-order valence-corrected chi connectivity index (χ0v) is 52.0. The SMILES string of the molecule is CC/C=C\C/C=C\C/C=C\C/C=C\CCCCCCCCCCCCCCCCCCCCCCCCCCC(=O)OC(CO)COC(=O)CCCCCCCCCCCCCCCCCCCCCCCCCCCC. The molecule has 1 N–H and O–H groups in total. The van der Waals surface area contributed by atoms with Gasteiger partial charge in [0.1, 0.15) is 6.61 Å². The van der Waals surface area contributed by atoms with Crippen molar-refractivity contribution < 1.29 is 24.2 Å². The minimum atomic E-state index is -0.769. The Morgan fingerprint density at radius 1 is 0.312 bits per heavy atom. The van der Waals surface area contributed by atoms with Crippen molar-refractivity contribution in [2.24, 2.45) is 0 Å². The Morgan fingerprint density at radius 2 is 0.558 bits per heavy atom. The number of rotatable bonds is 65. The summed E-state index contributed by atoms with van der Waals surface area (Å²) < 4.78 is 10.8. The first-order valence-electron chi connectivity index (χ1n) is 34.7. The minimum Gasteiger partial charge on any atom is -0.462 e. The van der Waals surface area contributed by atoms with E-state index in [9.17, 15) is 14.7 Å². The van der Waals surface area contributed by atoms with Crippen molar-refractivity contribution in [3.63, 3.8) is 0 Å². The van der Waals surface area contributed by atoms with E-state index in [4.69, 9.17) is 9.47 Å². The quantitative estimate of drug-likeness (QED) is 0.0373. The van der Waals surface area contributed by atoms with E-state index < -0.39 is 6.10 Å². The summed E-state index contributed by atoms with van der Waals surface area (Å²) in [5, 5.41) is 9.70. The van der Waals surface area contributed by atoms with Crippen LogP contribution in [0.4, 0.5) is 0 Å². The first-order valence-corrected chi connectivity index (χ1v) is 34.7. The maximum atomic E-state index is 12.4. The fourth-order valence-corrected chi connectivity index (χ4v) is 10.7. The van der Waals surface area contributed by atoms with Gasteiger partial charge in [-0.05, 0) is 51.4 Å². The third-order valence-electron chi connectivity index (χ3n) is 15.9. The molecule has 77 heavy (non-hydrogen) atoms. The molecule has 0 bridgehead atoms. The number of hydrogen-bond acceptors (Lipinski definition) is 5. The van der Waals surface area contributed by atoms with Gasteiger partial charge < -0.3 is 14.6 Å². The molecule has 0 aliphatic carbocycles. The molecule has 452 valence electrons. The Kier molecular flexibility index (Phi) is 66.2. The summed E-state index contributed by atoms with van der Waals surface area (Å²) in [6, 6.07) is 0. The maximum Gasteiger partial charge on any atom is 0.306 e. The van der Waals surface area contributed by atoms with E-state index >= 15 is 0 Å². The van der Waals surface area contributed by atoms with E-state index in [-0.39, 0.29) is 25.2 Å². The number of ether oxygens (including phenoxy) is 2. The molecule has 0 aliphatic rings. The molecule has 0 aromatic carbocycles. The molecule has 0 heterocycles. The Morgan fingerprint density at radius 3 is 0.844 bits per heavy atom. The number of aliphatic hydroxyl groups is 1. The Hall–Kier alpha value is -2.14. The molecule has 0 saturated carbocycles. The average molecular weight is 1080 g/mol. The van der Waals surface area contributed by atoms with E-state index in [1.807, 2.05) is 0 Å². The lowest BCUT2D eigenvalue weighted by molar-refractivity contribution is -0.161. The van der Waals surface area contributed by atoms with Crippen LogP contribution in [0.3, 0.4) is 0 Å². The van der Waals surface area contributed by atoms with Crippen LogP contribution in [0, 0.1) is 0 Å². The highest BCUT2D eigenvalue weighted by molar-refractivity contribution is 5.70. The van der Waals surface area contributed by atoms with Crippen LogP contribution in [0.1, 0.15) is 380 Å². The molecular formula is C72H134O5. The first-order chi connectivity index (χ1) is 38.1. The van der Waals surface area contributed by atoms with Crippen molar-refractivity contribution in [3.8, 4) is 0 Å². The second-order valence-electron chi connectivity index (χ2n) is 23.6. The lowest BCUT2D eigenvalue weighted by atomic mass is 10.0. The van der Waals surface area contributed by atoms with Crippen LogP contribution < -0.4 is 0 Å². The maximum absolute atomic E-state index is 12.4. The van der Waals surface area contributed by atoms with Crippen LogP contribution in [-0.4, -0.2) is 36.4 Å². The Bertz CT molecular complexity index is 1270. The normalized spacial score (nSPS) is 12.4. The highest BCUT2D eigenvalue weighted by atomic mass is 16.6. The topological polar surface area (TPSA) is 72.8 Å². The van der Waals surface area contributed by atoms with Gasteiger partial charge in [0, 0.05) is 12.8 Å². The average Bonchev–Trinajstić information content (AvgIpc) is 3.43. The van der Waals surface area contributed by atoms with Gasteiger partial charge in [-0.1, -0.05) is 364 Å². The highest BCUT2D eigenvalue weighted by Crippen LogP contribution is 2.19. The van der Waals surface area contributed by atoms with Crippen LogP contribution in [0.15, 0.2) is 48.6 Å². The molecule has 0 amide bonds. The fraction of sp³-hybridized carbons (Fsp3) is 0.861. The van der Waals surface area contributed by atoms with Crippen LogP contribution in [0.5, 0.6) is 0 Å². The lowest BCUT2D eigenvalue weighted by Gasteiger charge is -2.15. The highest BCUT2D eigenvalue weighted by Gasteiger charge is 2.16. The standard InChI is InChI=1S/C72H134O5/c1-3-5-7-9-11-13-15-17-19-21-23-25-27-29-31-32-33-34-35-36-37-38-39-40-41-43-45-47-49-51-53-55-57-59-61-63-65-67-72(75)77-70(68-73)69-76-71(74)66-64-62-60-58-56-54-52-50-48-46-44-42-30-28-26-24-22-20-18-16-14-12-10-8-6-4-2/h5,7,11,13,17,19,23,25,70,73H,3-4,6,8-10,12,14-16,18,20-22,24,26-69H2,1-2H3/b7-5-,13-11-,19-17-,25-23-. The summed E-state index contributed by atoms with van der Waals surface area (Å²) >= 11 is 0. The third kappa shape index (κ3) is 66.3. The predicted octanol–water partition coefficient (Wildman–Crippen LogP) is 23.9. The van der Waals surface area contributed by atoms with Gasteiger partial charge in [-0.25, -0.2) is 0 Å². The van der Waals surface area contributed by atoms with Crippen molar-refractivity contribution in [2.45, 2.75) is 386 Å². The summed E-state index contributed by atoms with van der Waals surface area (Å²) in [6.07, 6.45) is 91.5. The monoisotopic (exact) mass is 1080 g/mol. The van der Waals surface area contributed by atoms with E-state index in [1.54, 1.807) is 0 Å². The first kappa shape index (κ1) is 74.9. The number of carbonyl (C=O) groups is 2. The molecule has 0 aromatic rings. The summed E-state index contributed by atoms with van der Waals surface area (Å²) in [6.45, 7) is 4.09. The molecule has 0 aromatic heterocycles. The summed E-state index contributed by atoms with van der Waals surface area (Å²) in [5.74, 6) is -0.564. The van der Waals surface area contributed by atoms with Gasteiger partial charge in [-0.3, -0.25) is 9.59 Å². The van der Waals surface area contributed by atoms with Crippen molar-refractivity contribution in [1.29, 1.82) is 0 Å². The number of unbranched alkanes of at least 4 members (excludes halogenated alkanes) is 49. The molecule has 0 saturated heterocycles. The van der Waals surface area contributed by atoms with E-state index in [2.05, 4.69) is 62.5 Å². The van der Waals surface area contributed by atoms with Gasteiger partial charge in [-0.15, -0.1) is 0 Å². The summed E-state index contributed by atoms with van der Waals surface area (Å²) in [5.41, 5.74) is 0. The van der Waals surface area contributed by atoms with Crippen LogP contribution in [0.2, 0.25) is 0 Å². The van der Waals surface area contributed by atoms with Crippen molar-refractivity contribution in [1.82, 2.24) is 0 Å². The molecule has 1 atom stereocenters. The number of esters is 2. The molecule has 1 unspecified atom stereocenters. The number of aliphatic hydroxyl groups excluding tert-OH is 1. The van der Waals surface area contributed by atoms with Gasteiger partial charge in [-0.2, -0.15) is 0 Å². The van der Waals surface area contributed by atoms with Gasteiger partial charge >= 0.3 is 11.9 Å². The second kappa shape index (κ2) is 68.1. The zero-order chi connectivity index (χ0) is 55.5. The second-order valence-corrected chi connectivity index (χ2v) is 23.6. The van der Waals surface area contributed by atoms with E-state index in [0.29, 0.717) is 12.8 Å². The molecule has 0 radical (unpaired) electrons. The number of allylic oxidation sites excluding steroid dienone is 8. The molecule has 0 aliphatic heterocycles. The van der Waals surface area contributed by atoms with Crippen molar-refractivity contribution in [2.75, 3.05) is 13.2 Å². The van der Waals surface area contributed by atoms with Gasteiger partial charge in [0.05, 0.1) is 6.61 Å². The molecule has 0 rings (SSSR count). The fourth-order valence-electron chi connectivity index (χ4n) is 10.7. The zero-order valence-electron chi connectivity index (χ0n) is 52.0. The largest absolute Gasteiger partial charge is 0.462 e. The van der Waals surface area contributed by atoms with Crippen LogP contribution >= 0.6 is 0 Å². The van der Waals surface area contributed by atoms with Gasteiger partial charge in [0.25, 0.3) is 0 Å². The van der Waals surface area contributed by atoms with Crippen molar-refractivity contribution >= 4 is 11.9 Å². The minimum absolute atomic E-state index is 0.0585. The summed E-state index contributed by atoms with van der Waals surface area (Å²) in [4.78, 5) is 24.6. The van der Waals surface area contributed by atoms with Crippen LogP contribution in [0.25, 0.3) is 0 Å². The molecular weight excluding hydrogens is 945 g/mol. The lowest BCUT2D eigenvalue weighted by Crippen LogP contribution is -2.28. The van der Waals surface area contributed by atoms with E-state index in [0.717, 1.165) is 57.8 Å². The molecule has 5 heteroatoms. The van der Waals surface area contributed by atoms with Gasteiger partial charge in [0.15, 0.2) is 6.10 Å². The smallest absolute Gasteiger partial charge is 0.306 e. The Balaban J connectivity index is 3.38. The number of carbonyl (C=O) groups excluding carboxylic acids is 2. The molecule has 0 spiro atoms. The van der Waals surface area contributed by atoms with Crippen LogP contribution in [-0.2, 0) is 19.1 Å². The molecule has 0 fully saturated rings. The molecule has 5 nitrogen and oxygen atoms in total. The number of hydrogen-bond donors (Lipinski definition) is 1. The third-order valence-corrected chi connectivity index (χ3v) is 15.9.